The highest BCUT2D eigenvalue weighted by Crippen LogP contribution is 2.20. The third-order valence-corrected chi connectivity index (χ3v) is 2.55. The maximum absolute atomic E-state index is 5.64. The van der Waals surface area contributed by atoms with E-state index in [1.165, 1.54) is 5.56 Å². The fraction of sp³-hybridized carbons (Fsp3) is 0.286. The fourth-order valence-electron chi connectivity index (χ4n) is 1.50. The van der Waals surface area contributed by atoms with E-state index < -0.39 is 0 Å². The van der Waals surface area contributed by atoms with Gasteiger partial charge in [-0.05, 0) is 32.0 Å². The molecule has 0 atom stereocenters. The van der Waals surface area contributed by atoms with Gasteiger partial charge in [-0.15, -0.1) is 0 Å². The molecule has 0 bridgehead atoms. The Balaban J connectivity index is 1.92. The molecule has 19 heavy (non-hydrogen) atoms. The number of nitrogens with two attached hydrogens (primary N) is 1. The summed E-state index contributed by atoms with van der Waals surface area (Å²) in [6.45, 7) is 3.46. The van der Waals surface area contributed by atoms with Crippen LogP contribution in [0.2, 0.25) is 0 Å². The standard InChI is InChI=1S/C14H18N4O/c1-11-3-5-12(6-4-11)19-13-9-17-14(18-10-13)16-8-2-7-15/h3-6,9-10H,2,7-8,15H2,1H3,(H,16,17,18). The van der Waals surface area contributed by atoms with Crippen LogP contribution in [0.4, 0.5) is 5.95 Å². The van der Waals surface area contributed by atoms with E-state index in [0.717, 1.165) is 18.7 Å². The Bertz CT molecular complexity index is 496. The van der Waals surface area contributed by atoms with Gasteiger partial charge in [0, 0.05) is 6.54 Å². The Morgan fingerprint density at radius 2 is 1.79 bits per heavy atom. The van der Waals surface area contributed by atoms with E-state index in [9.17, 15) is 0 Å². The van der Waals surface area contributed by atoms with E-state index in [0.29, 0.717) is 18.2 Å². The third-order valence-electron chi connectivity index (χ3n) is 2.55. The summed E-state index contributed by atoms with van der Waals surface area (Å²) >= 11 is 0. The van der Waals surface area contributed by atoms with Gasteiger partial charge in [-0.25, -0.2) is 9.97 Å². The number of hydrogen-bond donors (Lipinski definition) is 2. The predicted molar refractivity (Wildman–Crippen MR) is 75.4 cm³/mol. The molecule has 0 aliphatic rings. The number of anilines is 1. The van der Waals surface area contributed by atoms with Gasteiger partial charge < -0.3 is 15.8 Å². The van der Waals surface area contributed by atoms with Crippen molar-refractivity contribution in [3.05, 3.63) is 42.2 Å². The average Bonchev–Trinajstić information content (AvgIpc) is 2.44. The van der Waals surface area contributed by atoms with E-state index in [-0.39, 0.29) is 0 Å². The molecule has 1 aromatic carbocycles. The summed E-state index contributed by atoms with van der Waals surface area (Å²) in [6, 6.07) is 7.84. The van der Waals surface area contributed by atoms with Crippen LogP contribution in [0.3, 0.4) is 0 Å². The molecule has 0 fully saturated rings. The molecule has 0 aliphatic carbocycles. The first-order valence-corrected chi connectivity index (χ1v) is 6.28. The first-order valence-electron chi connectivity index (χ1n) is 6.28. The summed E-state index contributed by atoms with van der Waals surface area (Å²) in [5, 5.41) is 3.09. The Kier molecular flexibility index (Phi) is 4.69. The summed E-state index contributed by atoms with van der Waals surface area (Å²) in [4.78, 5) is 8.35. The first-order chi connectivity index (χ1) is 9.28. The second-order valence-corrected chi connectivity index (χ2v) is 4.23. The van der Waals surface area contributed by atoms with Crippen molar-refractivity contribution < 1.29 is 4.74 Å². The van der Waals surface area contributed by atoms with Crippen LogP contribution in [-0.2, 0) is 0 Å². The normalized spacial score (nSPS) is 10.2. The van der Waals surface area contributed by atoms with E-state index in [1.54, 1.807) is 12.4 Å². The van der Waals surface area contributed by atoms with Crippen LogP contribution in [0, 0.1) is 6.92 Å². The Hall–Kier alpha value is -2.14. The van der Waals surface area contributed by atoms with Crippen LogP contribution in [0.5, 0.6) is 11.5 Å². The monoisotopic (exact) mass is 258 g/mol. The molecule has 100 valence electrons. The number of nitrogens with zero attached hydrogens (tertiary/aromatic N) is 2. The van der Waals surface area contributed by atoms with Crippen molar-refractivity contribution >= 4 is 5.95 Å². The second-order valence-electron chi connectivity index (χ2n) is 4.23. The minimum absolute atomic E-state index is 0.588. The maximum Gasteiger partial charge on any atom is 0.222 e. The number of ether oxygens (including phenoxy) is 1. The van der Waals surface area contributed by atoms with Crippen molar-refractivity contribution in [3.63, 3.8) is 0 Å². The predicted octanol–water partition coefficient (Wildman–Crippen LogP) is 2.34. The van der Waals surface area contributed by atoms with E-state index in [2.05, 4.69) is 15.3 Å². The number of rotatable bonds is 6. The number of aryl methyl sites for hydroxylation is 1. The Labute approximate surface area is 112 Å². The summed E-state index contributed by atoms with van der Waals surface area (Å²) < 4.78 is 5.64. The van der Waals surface area contributed by atoms with E-state index >= 15 is 0 Å². The fourth-order valence-corrected chi connectivity index (χ4v) is 1.50. The molecule has 5 heteroatoms. The van der Waals surface area contributed by atoms with Gasteiger partial charge in [-0.2, -0.15) is 0 Å². The van der Waals surface area contributed by atoms with Gasteiger partial charge in [0.2, 0.25) is 5.95 Å². The molecule has 0 aliphatic heterocycles. The molecule has 1 aromatic heterocycles. The first kappa shape index (κ1) is 13.3. The topological polar surface area (TPSA) is 73.1 Å². The Morgan fingerprint density at radius 1 is 1.11 bits per heavy atom. The van der Waals surface area contributed by atoms with Gasteiger partial charge >= 0.3 is 0 Å². The molecule has 1 heterocycles. The van der Waals surface area contributed by atoms with Crippen molar-refractivity contribution in [1.82, 2.24) is 9.97 Å². The molecule has 3 N–H and O–H groups in total. The minimum Gasteiger partial charge on any atom is -0.454 e. The molecular formula is C14H18N4O. The molecule has 0 spiro atoms. The third kappa shape index (κ3) is 4.22. The minimum atomic E-state index is 0.588. The summed E-state index contributed by atoms with van der Waals surface area (Å²) in [6.07, 6.45) is 4.19. The lowest BCUT2D eigenvalue weighted by Gasteiger charge is -2.07. The number of aromatic nitrogens is 2. The maximum atomic E-state index is 5.64. The summed E-state index contributed by atoms with van der Waals surface area (Å²) in [7, 11) is 0. The van der Waals surface area contributed by atoms with Crippen LogP contribution >= 0.6 is 0 Å². The second kappa shape index (κ2) is 6.70. The lowest BCUT2D eigenvalue weighted by molar-refractivity contribution is 0.477. The summed E-state index contributed by atoms with van der Waals surface area (Å²) in [5.41, 5.74) is 6.61. The highest BCUT2D eigenvalue weighted by molar-refractivity contribution is 5.32. The highest BCUT2D eigenvalue weighted by Gasteiger charge is 1.99. The van der Waals surface area contributed by atoms with Gasteiger partial charge in [0.15, 0.2) is 5.75 Å². The Morgan fingerprint density at radius 3 is 2.42 bits per heavy atom. The van der Waals surface area contributed by atoms with Crippen LogP contribution < -0.4 is 15.8 Å². The lowest BCUT2D eigenvalue weighted by atomic mass is 10.2. The lowest BCUT2D eigenvalue weighted by Crippen LogP contribution is -2.10. The van der Waals surface area contributed by atoms with Crippen LogP contribution in [0.25, 0.3) is 0 Å². The van der Waals surface area contributed by atoms with Crippen molar-refractivity contribution in [3.8, 4) is 11.5 Å². The van der Waals surface area contributed by atoms with Gasteiger partial charge in [-0.3, -0.25) is 0 Å². The number of hydrogen-bond acceptors (Lipinski definition) is 5. The van der Waals surface area contributed by atoms with Crippen molar-refractivity contribution in [2.75, 3.05) is 18.4 Å². The average molecular weight is 258 g/mol. The molecule has 5 nitrogen and oxygen atoms in total. The van der Waals surface area contributed by atoms with E-state index in [4.69, 9.17) is 10.5 Å². The molecular weight excluding hydrogens is 240 g/mol. The van der Waals surface area contributed by atoms with Crippen molar-refractivity contribution in [2.45, 2.75) is 13.3 Å². The van der Waals surface area contributed by atoms with E-state index in [1.807, 2.05) is 31.2 Å². The highest BCUT2D eigenvalue weighted by atomic mass is 16.5. The molecule has 2 rings (SSSR count). The van der Waals surface area contributed by atoms with Crippen LogP contribution in [0.15, 0.2) is 36.7 Å². The zero-order valence-electron chi connectivity index (χ0n) is 11.0. The molecule has 2 aromatic rings. The summed E-state index contributed by atoms with van der Waals surface area (Å²) in [5.74, 6) is 1.98. The molecule has 0 unspecified atom stereocenters. The van der Waals surface area contributed by atoms with Crippen molar-refractivity contribution in [1.29, 1.82) is 0 Å². The quantitative estimate of drug-likeness (QED) is 0.778. The van der Waals surface area contributed by atoms with Crippen LogP contribution in [0.1, 0.15) is 12.0 Å². The smallest absolute Gasteiger partial charge is 0.222 e. The van der Waals surface area contributed by atoms with Crippen LogP contribution in [-0.4, -0.2) is 23.1 Å². The number of benzene rings is 1. The van der Waals surface area contributed by atoms with Gasteiger partial charge in [-0.1, -0.05) is 17.7 Å². The SMILES string of the molecule is Cc1ccc(Oc2cnc(NCCCN)nc2)cc1. The molecule has 0 amide bonds. The largest absolute Gasteiger partial charge is 0.454 e. The molecule has 0 saturated heterocycles. The zero-order chi connectivity index (χ0) is 13.5. The van der Waals surface area contributed by atoms with Gasteiger partial charge in [0.05, 0.1) is 12.4 Å². The number of nitrogens with one attached hydrogen (secondary N) is 1. The molecule has 0 saturated carbocycles. The van der Waals surface area contributed by atoms with Gasteiger partial charge in [0.1, 0.15) is 5.75 Å². The van der Waals surface area contributed by atoms with Crippen molar-refractivity contribution in [2.24, 2.45) is 5.73 Å². The zero-order valence-corrected chi connectivity index (χ0v) is 11.0. The van der Waals surface area contributed by atoms with Gasteiger partial charge in [0.25, 0.3) is 0 Å². The molecule has 0 radical (unpaired) electrons.